The third-order valence-electron chi connectivity index (χ3n) is 3.07. The molecule has 0 spiro atoms. The van der Waals surface area contributed by atoms with Crippen LogP contribution in [0.2, 0.25) is 0 Å². The highest BCUT2D eigenvalue weighted by Gasteiger charge is 2.37. The van der Waals surface area contributed by atoms with E-state index in [4.69, 9.17) is 24.4 Å². The summed E-state index contributed by atoms with van der Waals surface area (Å²) in [5.74, 6) is 0. The lowest BCUT2D eigenvalue weighted by Crippen LogP contribution is -2.51. The van der Waals surface area contributed by atoms with E-state index in [1.54, 1.807) is 0 Å². The molecule has 10 heteroatoms. The van der Waals surface area contributed by atoms with E-state index < -0.39 is 50.0 Å². The van der Waals surface area contributed by atoms with Gasteiger partial charge in [-0.25, -0.2) is 0 Å². The largest absolute Gasteiger partial charge is 0.394 e. The molecule has 10 nitrogen and oxygen atoms in total. The topological polar surface area (TPSA) is 173 Å². The van der Waals surface area contributed by atoms with Crippen molar-refractivity contribution in [2.24, 2.45) is 0 Å². The molecule has 1 aliphatic rings. The molecule has 0 aromatic rings. The molecule has 1 saturated heterocycles. The molecule has 22 heavy (non-hydrogen) atoms. The van der Waals surface area contributed by atoms with E-state index >= 15 is 0 Å². The van der Waals surface area contributed by atoms with E-state index in [1.165, 1.54) is 0 Å². The first-order valence-electron chi connectivity index (χ1n) is 6.87. The number of ether oxygens (including phenoxy) is 3. The average molecular weight is 328 g/mol. The zero-order valence-electron chi connectivity index (χ0n) is 11.9. The Morgan fingerprint density at radius 3 is 2.05 bits per heavy atom. The standard InChI is InChI=1S/C12H24O10/c13-1-6(15)3-21-12(22-5-7-4-20-7)11(19)10(18)9(17)8(16)2-14/h6-19H,1-5H2/t6?,7?,8-,9-,10+,11-,12?/m1/s1. The minimum atomic E-state index is -1.86. The quantitative estimate of drug-likeness (QED) is 0.137. The van der Waals surface area contributed by atoms with Crippen LogP contribution in [0.25, 0.3) is 0 Å². The van der Waals surface area contributed by atoms with Crippen molar-refractivity contribution in [3.05, 3.63) is 0 Å². The molecule has 0 aliphatic carbocycles. The lowest BCUT2D eigenvalue weighted by atomic mass is 10.0. The fraction of sp³-hybridized carbons (Fsp3) is 1.00. The molecule has 0 saturated carbocycles. The van der Waals surface area contributed by atoms with Gasteiger partial charge in [-0.1, -0.05) is 0 Å². The number of aliphatic hydroxyl groups excluding tert-OH is 7. The molecule has 0 radical (unpaired) electrons. The van der Waals surface area contributed by atoms with E-state index in [1.807, 2.05) is 0 Å². The molecule has 0 amide bonds. The maximum Gasteiger partial charge on any atom is 0.186 e. The fourth-order valence-corrected chi connectivity index (χ4v) is 1.57. The van der Waals surface area contributed by atoms with Gasteiger partial charge in [0.05, 0.1) is 33.0 Å². The molecule has 7 atom stereocenters. The molecule has 7 N–H and O–H groups in total. The van der Waals surface area contributed by atoms with Gasteiger partial charge in [0.2, 0.25) is 0 Å². The van der Waals surface area contributed by atoms with E-state index in [-0.39, 0.29) is 19.3 Å². The molecule has 0 aromatic heterocycles. The van der Waals surface area contributed by atoms with Gasteiger partial charge in [-0.15, -0.1) is 0 Å². The van der Waals surface area contributed by atoms with Crippen molar-refractivity contribution in [3.8, 4) is 0 Å². The van der Waals surface area contributed by atoms with Gasteiger partial charge in [0.25, 0.3) is 0 Å². The highest BCUT2D eigenvalue weighted by atomic mass is 16.7. The summed E-state index contributed by atoms with van der Waals surface area (Å²) in [6.07, 6.45) is -9.90. The lowest BCUT2D eigenvalue weighted by molar-refractivity contribution is -0.240. The van der Waals surface area contributed by atoms with Gasteiger partial charge < -0.3 is 50.0 Å². The molecule has 3 unspecified atom stereocenters. The van der Waals surface area contributed by atoms with Crippen molar-refractivity contribution in [1.82, 2.24) is 0 Å². The van der Waals surface area contributed by atoms with Gasteiger partial charge >= 0.3 is 0 Å². The molecule has 1 fully saturated rings. The van der Waals surface area contributed by atoms with Crippen molar-refractivity contribution < 1.29 is 50.0 Å². The van der Waals surface area contributed by atoms with Gasteiger partial charge in [-0.3, -0.25) is 0 Å². The van der Waals surface area contributed by atoms with Crippen LogP contribution in [-0.2, 0) is 14.2 Å². The van der Waals surface area contributed by atoms with Crippen LogP contribution in [-0.4, -0.2) is 112 Å². The SMILES string of the molecule is OCC(O)COC(OCC1CO1)[C@H](O)[C@@H](O)[C@H](O)[C@H](O)CO. The van der Waals surface area contributed by atoms with E-state index in [0.29, 0.717) is 6.61 Å². The molecule has 1 rings (SSSR count). The van der Waals surface area contributed by atoms with E-state index in [0.717, 1.165) is 0 Å². The van der Waals surface area contributed by atoms with Crippen molar-refractivity contribution >= 4 is 0 Å². The Labute approximate surface area is 127 Å². The summed E-state index contributed by atoms with van der Waals surface area (Å²) in [7, 11) is 0. The first-order valence-corrected chi connectivity index (χ1v) is 6.87. The zero-order valence-corrected chi connectivity index (χ0v) is 11.9. The highest BCUT2D eigenvalue weighted by Crippen LogP contribution is 2.16. The fourth-order valence-electron chi connectivity index (χ4n) is 1.57. The normalized spacial score (nSPS) is 26.0. The van der Waals surface area contributed by atoms with Crippen molar-refractivity contribution in [3.63, 3.8) is 0 Å². The molecular formula is C12H24O10. The summed E-state index contributed by atoms with van der Waals surface area (Å²) in [4.78, 5) is 0. The smallest absolute Gasteiger partial charge is 0.186 e. The van der Waals surface area contributed by atoms with Gasteiger partial charge in [0, 0.05) is 0 Å². The lowest BCUT2D eigenvalue weighted by Gasteiger charge is -2.31. The maximum atomic E-state index is 9.97. The van der Waals surface area contributed by atoms with Crippen LogP contribution >= 0.6 is 0 Å². The summed E-state index contributed by atoms with van der Waals surface area (Å²) in [6.45, 7) is -1.21. The van der Waals surface area contributed by atoms with Crippen molar-refractivity contribution in [2.45, 2.75) is 42.9 Å². The van der Waals surface area contributed by atoms with Gasteiger partial charge in [0.15, 0.2) is 6.29 Å². The Morgan fingerprint density at radius 2 is 1.55 bits per heavy atom. The van der Waals surface area contributed by atoms with Crippen LogP contribution in [0.4, 0.5) is 0 Å². The summed E-state index contributed by atoms with van der Waals surface area (Å²) in [5.41, 5.74) is 0. The highest BCUT2D eigenvalue weighted by molar-refractivity contribution is 4.83. The van der Waals surface area contributed by atoms with Crippen molar-refractivity contribution in [1.29, 1.82) is 0 Å². The number of epoxide rings is 1. The minimum absolute atomic E-state index is 0.0579. The molecule has 0 bridgehead atoms. The molecular weight excluding hydrogens is 304 g/mol. The Kier molecular flexibility index (Phi) is 8.64. The number of hydrogen-bond donors (Lipinski definition) is 7. The third kappa shape index (κ3) is 6.38. The Balaban J connectivity index is 2.56. The van der Waals surface area contributed by atoms with Crippen LogP contribution in [0.3, 0.4) is 0 Å². The molecule has 132 valence electrons. The minimum Gasteiger partial charge on any atom is -0.394 e. The van der Waals surface area contributed by atoms with Crippen LogP contribution in [0.1, 0.15) is 0 Å². The van der Waals surface area contributed by atoms with E-state index in [9.17, 15) is 25.5 Å². The summed E-state index contributed by atoms with van der Waals surface area (Å²) in [6, 6.07) is 0. The number of aliphatic hydroxyl groups is 7. The number of hydrogen-bond acceptors (Lipinski definition) is 10. The summed E-state index contributed by atoms with van der Waals surface area (Å²) >= 11 is 0. The van der Waals surface area contributed by atoms with Crippen LogP contribution in [0, 0.1) is 0 Å². The number of rotatable bonds is 12. The predicted molar refractivity (Wildman–Crippen MR) is 69.6 cm³/mol. The second-order valence-corrected chi connectivity index (χ2v) is 5.05. The Morgan fingerprint density at radius 1 is 0.909 bits per heavy atom. The van der Waals surface area contributed by atoms with E-state index in [2.05, 4.69) is 0 Å². The van der Waals surface area contributed by atoms with Gasteiger partial charge in [-0.05, 0) is 0 Å². The van der Waals surface area contributed by atoms with Crippen LogP contribution < -0.4 is 0 Å². The van der Waals surface area contributed by atoms with Crippen molar-refractivity contribution in [2.75, 3.05) is 33.0 Å². The second-order valence-electron chi connectivity index (χ2n) is 5.05. The molecule has 1 heterocycles. The Bertz CT molecular complexity index is 300. The summed E-state index contributed by atoms with van der Waals surface area (Å²) in [5, 5.41) is 65.3. The first-order chi connectivity index (χ1) is 10.4. The zero-order chi connectivity index (χ0) is 16.7. The molecule has 0 aromatic carbocycles. The molecule has 1 aliphatic heterocycles. The Hall–Kier alpha value is -0.400. The third-order valence-corrected chi connectivity index (χ3v) is 3.07. The van der Waals surface area contributed by atoms with Crippen LogP contribution in [0.15, 0.2) is 0 Å². The van der Waals surface area contributed by atoms with Gasteiger partial charge in [0.1, 0.15) is 36.6 Å². The summed E-state index contributed by atoms with van der Waals surface area (Å²) < 4.78 is 15.2. The average Bonchev–Trinajstić information content (AvgIpc) is 3.35. The van der Waals surface area contributed by atoms with Crippen LogP contribution in [0.5, 0.6) is 0 Å². The monoisotopic (exact) mass is 328 g/mol. The predicted octanol–water partition coefficient (Wildman–Crippen LogP) is -4.47. The first kappa shape index (κ1) is 19.6. The second kappa shape index (κ2) is 9.67. The maximum absolute atomic E-state index is 9.97. The van der Waals surface area contributed by atoms with Gasteiger partial charge in [-0.2, -0.15) is 0 Å².